The topological polar surface area (TPSA) is 61.9 Å². The normalized spacial score (nSPS) is 23.1. The number of urea groups is 1. The van der Waals surface area contributed by atoms with E-state index in [1.807, 2.05) is 9.80 Å². The van der Waals surface area contributed by atoms with E-state index in [4.69, 9.17) is 4.74 Å². The van der Waals surface area contributed by atoms with Gasteiger partial charge < -0.3 is 19.9 Å². The van der Waals surface area contributed by atoms with Crippen LogP contribution in [0.5, 0.6) is 0 Å². The zero-order valence-corrected chi connectivity index (χ0v) is 11.0. The van der Waals surface area contributed by atoms with E-state index in [0.717, 1.165) is 25.9 Å². The molecule has 0 aromatic carbocycles. The summed E-state index contributed by atoms with van der Waals surface area (Å²) in [7, 11) is 1.55. The van der Waals surface area contributed by atoms with Crippen molar-refractivity contribution in [2.24, 2.45) is 0 Å². The maximum atomic E-state index is 11.9. The van der Waals surface area contributed by atoms with Crippen molar-refractivity contribution in [3.05, 3.63) is 0 Å². The molecule has 0 saturated carbocycles. The van der Waals surface area contributed by atoms with E-state index < -0.39 is 0 Å². The number of ether oxygens (including phenoxy) is 1. The molecule has 102 valence electrons. The summed E-state index contributed by atoms with van der Waals surface area (Å²) in [4.78, 5) is 27.2. The molecule has 0 aliphatic carbocycles. The zero-order chi connectivity index (χ0) is 13.1. The third-order valence-electron chi connectivity index (χ3n) is 3.81. The molecule has 0 aromatic heterocycles. The number of hydrogen-bond donors (Lipinski definition) is 1. The first-order chi connectivity index (χ1) is 8.63. The first kappa shape index (κ1) is 13.1. The summed E-state index contributed by atoms with van der Waals surface area (Å²) in [5.74, 6) is 0.0434. The summed E-state index contributed by atoms with van der Waals surface area (Å²) >= 11 is 0. The standard InChI is InChI=1S/C12H21N3O3/c1-9(18-2)11(16)14-6-3-10(4-7-14)15-8-5-13-12(15)17/h9-10H,3-8H2,1-2H3,(H,13,17). The number of nitrogens with zero attached hydrogens (tertiary/aromatic N) is 2. The van der Waals surface area contributed by atoms with Crippen LogP contribution in [-0.2, 0) is 9.53 Å². The Labute approximate surface area is 107 Å². The summed E-state index contributed by atoms with van der Waals surface area (Å²) in [6.45, 7) is 4.70. The summed E-state index contributed by atoms with van der Waals surface area (Å²) < 4.78 is 5.04. The number of rotatable bonds is 3. The molecule has 1 unspecified atom stereocenters. The van der Waals surface area contributed by atoms with Crippen molar-refractivity contribution in [2.75, 3.05) is 33.3 Å². The molecule has 0 bridgehead atoms. The first-order valence-corrected chi connectivity index (χ1v) is 6.49. The predicted molar refractivity (Wildman–Crippen MR) is 66.2 cm³/mol. The second kappa shape index (κ2) is 5.56. The smallest absolute Gasteiger partial charge is 0.317 e. The van der Waals surface area contributed by atoms with Gasteiger partial charge in [-0.2, -0.15) is 0 Å². The molecule has 2 fully saturated rings. The van der Waals surface area contributed by atoms with Crippen LogP contribution in [0.4, 0.5) is 4.79 Å². The lowest BCUT2D eigenvalue weighted by atomic mass is 10.0. The third kappa shape index (κ3) is 2.58. The van der Waals surface area contributed by atoms with E-state index in [1.54, 1.807) is 14.0 Å². The molecule has 2 rings (SSSR count). The fraction of sp³-hybridized carbons (Fsp3) is 0.833. The molecule has 0 radical (unpaired) electrons. The lowest BCUT2D eigenvalue weighted by Crippen LogP contribution is -2.49. The number of likely N-dealkylation sites (tertiary alicyclic amines) is 1. The quantitative estimate of drug-likeness (QED) is 0.774. The number of carbonyl (C=O) groups excluding carboxylic acids is 2. The fourth-order valence-electron chi connectivity index (χ4n) is 2.59. The highest BCUT2D eigenvalue weighted by atomic mass is 16.5. The minimum Gasteiger partial charge on any atom is -0.372 e. The third-order valence-corrected chi connectivity index (χ3v) is 3.81. The second-order valence-electron chi connectivity index (χ2n) is 4.86. The average Bonchev–Trinajstić information content (AvgIpc) is 2.83. The molecule has 0 spiro atoms. The van der Waals surface area contributed by atoms with E-state index in [-0.39, 0.29) is 24.1 Å². The lowest BCUT2D eigenvalue weighted by molar-refractivity contribution is -0.142. The van der Waals surface area contributed by atoms with E-state index >= 15 is 0 Å². The number of methoxy groups -OCH3 is 1. The Morgan fingerprint density at radius 2 is 2.06 bits per heavy atom. The molecule has 0 aromatic rings. The van der Waals surface area contributed by atoms with E-state index in [1.165, 1.54) is 0 Å². The van der Waals surface area contributed by atoms with Crippen molar-refractivity contribution >= 4 is 11.9 Å². The van der Waals surface area contributed by atoms with Gasteiger partial charge in [-0.25, -0.2) is 4.79 Å². The van der Waals surface area contributed by atoms with Gasteiger partial charge in [-0.05, 0) is 19.8 Å². The van der Waals surface area contributed by atoms with Gasteiger partial charge in [0.2, 0.25) is 0 Å². The average molecular weight is 255 g/mol. The van der Waals surface area contributed by atoms with Gasteiger partial charge in [-0.3, -0.25) is 4.79 Å². The van der Waals surface area contributed by atoms with Crippen LogP contribution >= 0.6 is 0 Å². The molecule has 6 nitrogen and oxygen atoms in total. The number of piperidine rings is 1. The van der Waals surface area contributed by atoms with Crippen LogP contribution in [0.25, 0.3) is 0 Å². The van der Waals surface area contributed by atoms with Crippen LogP contribution in [0, 0.1) is 0 Å². The fourth-order valence-corrected chi connectivity index (χ4v) is 2.59. The Morgan fingerprint density at radius 1 is 1.39 bits per heavy atom. The summed E-state index contributed by atoms with van der Waals surface area (Å²) in [5.41, 5.74) is 0. The van der Waals surface area contributed by atoms with Gasteiger partial charge in [-0.1, -0.05) is 0 Å². The summed E-state index contributed by atoms with van der Waals surface area (Å²) in [5, 5.41) is 2.81. The summed E-state index contributed by atoms with van der Waals surface area (Å²) in [6.07, 6.45) is 1.34. The van der Waals surface area contributed by atoms with E-state index in [0.29, 0.717) is 13.1 Å². The van der Waals surface area contributed by atoms with Gasteiger partial charge in [0.25, 0.3) is 5.91 Å². The van der Waals surface area contributed by atoms with Crippen LogP contribution < -0.4 is 5.32 Å². The Morgan fingerprint density at radius 3 is 2.56 bits per heavy atom. The molecule has 2 saturated heterocycles. The van der Waals surface area contributed by atoms with Crippen LogP contribution in [0.1, 0.15) is 19.8 Å². The second-order valence-corrected chi connectivity index (χ2v) is 4.86. The molecular formula is C12H21N3O3. The number of carbonyl (C=O) groups is 2. The molecule has 2 aliphatic heterocycles. The monoisotopic (exact) mass is 255 g/mol. The minimum atomic E-state index is -0.378. The van der Waals surface area contributed by atoms with E-state index in [9.17, 15) is 9.59 Å². The van der Waals surface area contributed by atoms with Gasteiger partial charge in [-0.15, -0.1) is 0 Å². The van der Waals surface area contributed by atoms with Gasteiger partial charge >= 0.3 is 6.03 Å². The highest BCUT2D eigenvalue weighted by Gasteiger charge is 2.32. The van der Waals surface area contributed by atoms with Crippen LogP contribution in [0.15, 0.2) is 0 Å². The van der Waals surface area contributed by atoms with Gasteiger partial charge in [0.1, 0.15) is 6.10 Å². The molecular weight excluding hydrogens is 234 g/mol. The Balaban J connectivity index is 1.84. The maximum absolute atomic E-state index is 11.9. The predicted octanol–water partition coefficient (Wildman–Crippen LogP) is 0.0375. The molecule has 6 heteroatoms. The Hall–Kier alpha value is -1.30. The van der Waals surface area contributed by atoms with Crippen molar-refractivity contribution in [3.63, 3.8) is 0 Å². The molecule has 2 heterocycles. The zero-order valence-electron chi connectivity index (χ0n) is 11.0. The highest BCUT2D eigenvalue weighted by molar-refractivity contribution is 5.80. The molecule has 18 heavy (non-hydrogen) atoms. The number of hydrogen-bond acceptors (Lipinski definition) is 3. The molecule has 1 N–H and O–H groups in total. The van der Waals surface area contributed by atoms with Crippen molar-refractivity contribution in [1.29, 1.82) is 0 Å². The lowest BCUT2D eigenvalue weighted by Gasteiger charge is -2.36. The molecule has 2 aliphatic rings. The minimum absolute atomic E-state index is 0.0324. The molecule has 3 amide bonds. The van der Waals surface area contributed by atoms with Crippen molar-refractivity contribution in [3.8, 4) is 0 Å². The van der Waals surface area contributed by atoms with Crippen LogP contribution in [0.3, 0.4) is 0 Å². The maximum Gasteiger partial charge on any atom is 0.317 e. The van der Waals surface area contributed by atoms with Crippen molar-refractivity contribution in [1.82, 2.24) is 15.1 Å². The molecule has 1 atom stereocenters. The number of nitrogens with one attached hydrogen (secondary N) is 1. The van der Waals surface area contributed by atoms with Gasteiger partial charge in [0.15, 0.2) is 0 Å². The van der Waals surface area contributed by atoms with E-state index in [2.05, 4.69) is 5.32 Å². The van der Waals surface area contributed by atoms with Gasteiger partial charge in [0, 0.05) is 39.3 Å². The van der Waals surface area contributed by atoms with Crippen LogP contribution in [-0.4, -0.2) is 67.2 Å². The summed E-state index contributed by atoms with van der Waals surface area (Å²) in [6, 6.07) is 0.305. The SMILES string of the molecule is COC(C)C(=O)N1CCC(N2CCNC2=O)CC1. The van der Waals surface area contributed by atoms with Gasteiger partial charge in [0.05, 0.1) is 0 Å². The Bertz CT molecular complexity index is 327. The van der Waals surface area contributed by atoms with Crippen LogP contribution in [0.2, 0.25) is 0 Å². The van der Waals surface area contributed by atoms with Crippen molar-refractivity contribution < 1.29 is 14.3 Å². The number of amides is 3. The highest BCUT2D eigenvalue weighted by Crippen LogP contribution is 2.19. The largest absolute Gasteiger partial charge is 0.372 e. The van der Waals surface area contributed by atoms with Crippen molar-refractivity contribution in [2.45, 2.75) is 31.9 Å². The first-order valence-electron chi connectivity index (χ1n) is 6.49. The Kier molecular flexibility index (Phi) is 4.06.